The molecule has 1 rings (SSSR count). The second kappa shape index (κ2) is 9.13. The third-order valence-electron chi connectivity index (χ3n) is 2.49. The van der Waals surface area contributed by atoms with Crippen LogP contribution in [0.15, 0.2) is 30.3 Å². The highest BCUT2D eigenvalue weighted by atomic mass is 31.2. The Bertz CT molecular complexity index is 370. The summed E-state index contributed by atoms with van der Waals surface area (Å²) < 4.78 is 28.2. The summed E-state index contributed by atoms with van der Waals surface area (Å²) in [5.74, 6) is 0.861. The van der Waals surface area contributed by atoms with Crippen LogP contribution in [0.5, 0.6) is 5.75 Å². The Morgan fingerprint density at radius 1 is 1.00 bits per heavy atom. The maximum atomic E-state index is 12.2. The van der Waals surface area contributed by atoms with Gasteiger partial charge in [0.15, 0.2) is 0 Å². The zero-order valence-electron chi connectivity index (χ0n) is 11.7. The molecule has 0 fully saturated rings. The van der Waals surface area contributed by atoms with E-state index < -0.39 is 7.60 Å². The van der Waals surface area contributed by atoms with Crippen LogP contribution in [0.4, 0.5) is 0 Å². The van der Waals surface area contributed by atoms with E-state index in [2.05, 4.69) is 0 Å². The van der Waals surface area contributed by atoms with Gasteiger partial charge in [0.25, 0.3) is 0 Å². The number of rotatable bonds is 10. The van der Waals surface area contributed by atoms with E-state index in [4.69, 9.17) is 13.8 Å². The van der Waals surface area contributed by atoms with E-state index in [0.717, 1.165) is 18.6 Å². The van der Waals surface area contributed by atoms with Crippen molar-refractivity contribution in [3.8, 4) is 5.75 Å². The monoisotopic (exact) mass is 286 g/mol. The predicted molar refractivity (Wildman–Crippen MR) is 76.9 cm³/mol. The zero-order valence-corrected chi connectivity index (χ0v) is 12.6. The van der Waals surface area contributed by atoms with Crippen LogP contribution in [0.1, 0.15) is 26.7 Å². The quantitative estimate of drug-likeness (QED) is 0.479. The predicted octanol–water partition coefficient (Wildman–Crippen LogP) is 4.11. The Kier molecular flexibility index (Phi) is 7.80. The molecule has 4 nitrogen and oxygen atoms in total. The molecule has 0 saturated carbocycles. The van der Waals surface area contributed by atoms with E-state index in [0.29, 0.717) is 26.0 Å². The van der Waals surface area contributed by atoms with E-state index >= 15 is 0 Å². The summed E-state index contributed by atoms with van der Waals surface area (Å²) in [5.41, 5.74) is 0. The Hall–Kier alpha value is -0.830. The van der Waals surface area contributed by atoms with Gasteiger partial charge in [-0.3, -0.25) is 4.57 Å². The normalized spacial score (nSPS) is 11.5. The van der Waals surface area contributed by atoms with Crippen molar-refractivity contribution in [2.75, 3.05) is 26.0 Å². The fourth-order valence-electron chi connectivity index (χ4n) is 1.67. The van der Waals surface area contributed by atoms with Gasteiger partial charge >= 0.3 is 7.60 Å². The van der Waals surface area contributed by atoms with Gasteiger partial charge in [-0.25, -0.2) is 0 Å². The summed E-state index contributed by atoms with van der Waals surface area (Å²) in [7, 11) is -2.89. The SMILES string of the molecule is CCOP(=O)(CCCCOc1ccccc1)OCC. The molecule has 0 bridgehead atoms. The summed E-state index contributed by atoms with van der Waals surface area (Å²) in [6, 6.07) is 9.67. The Morgan fingerprint density at radius 3 is 2.21 bits per heavy atom. The number of hydrogen-bond donors (Lipinski definition) is 0. The molecule has 0 N–H and O–H groups in total. The molecule has 0 aliphatic rings. The average Bonchev–Trinajstić information content (AvgIpc) is 2.40. The van der Waals surface area contributed by atoms with Gasteiger partial charge in [-0.15, -0.1) is 0 Å². The summed E-state index contributed by atoms with van der Waals surface area (Å²) >= 11 is 0. The minimum atomic E-state index is -2.89. The van der Waals surface area contributed by atoms with Crippen LogP contribution < -0.4 is 4.74 Å². The lowest BCUT2D eigenvalue weighted by Gasteiger charge is -2.16. The summed E-state index contributed by atoms with van der Waals surface area (Å²) in [6.07, 6.45) is 2.05. The Morgan fingerprint density at radius 2 is 1.63 bits per heavy atom. The van der Waals surface area contributed by atoms with E-state index in [-0.39, 0.29) is 0 Å². The molecular formula is C14H23O4P. The van der Waals surface area contributed by atoms with Crippen molar-refractivity contribution in [1.82, 2.24) is 0 Å². The highest BCUT2D eigenvalue weighted by molar-refractivity contribution is 7.53. The van der Waals surface area contributed by atoms with Crippen molar-refractivity contribution >= 4 is 7.60 Å². The van der Waals surface area contributed by atoms with Crippen LogP contribution in [0.25, 0.3) is 0 Å². The van der Waals surface area contributed by atoms with Crippen LogP contribution in [0.2, 0.25) is 0 Å². The van der Waals surface area contributed by atoms with Crippen LogP contribution in [0.3, 0.4) is 0 Å². The minimum Gasteiger partial charge on any atom is -0.494 e. The van der Waals surface area contributed by atoms with Gasteiger partial charge in [0.2, 0.25) is 0 Å². The smallest absolute Gasteiger partial charge is 0.330 e. The molecule has 0 aliphatic carbocycles. The molecule has 1 aromatic carbocycles. The summed E-state index contributed by atoms with van der Waals surface area (Å²) in [5, 5.41) is 0. The van der Waals surface area contributed by atoms with E-state index in [1.54, 1.807) is 0 Å². The van der Waals surface area contributed by atoms with Crippen LogP contribution in [-0.4, -0.2) is 26.0 Å². The Balaban J connectivity index is 2.20. The minimum absolute atomic E-state index is 0.414. The first-order valence-electron chi connectivity index (χ1n) is 6.76. The second-order valence-corrected chi connectivity index (χ2v) is 6.22. The molecule has 0 aliphatic heterocycles. The molecule has 1 aromatic rings. The number of ether oxygens (including phenoxy) is 1. The van der Waals surface area contributed by atoms with Crippen molar-refractivity contribution in [3.63, 3.8) is 0 Å². The molecule has 0 amide bonds. The fourth-order valence-corrected chi connectivity index (χ4v) is 3.40. The molecule has 0 radical (unpaired) electrons. The first-order chi connectivity index (χ1) is 9.20. The summed E-state index contributed by atoms with van der Waals surface area (Å²) in [6.45, 7) is 5.09. The third-order valence-corrected chi connectivity index (χ3v) is 4.66. The third kappa shape index (κ3) is 6.76. The second-order valence-electron chi connectivity index (χ2n) is 4.04. The highest BCUT2D eigenvalue weighted by Gasteiger charge is 2.22. The lowest BCUT2D eigenvalue weighted by atomic mass is 10.3. The molecule has 0 unspecified atom stereocenters. The molecule has 19 heavy (non-hydrogen) atoms. The molecule has 0 saturated heterocycles. The van der Waals surface area contributed by atoms with E-state index in [1.807, 2.05) is 44.2 Å². The highest BCUT2D eigenvalue weighted by Crippen LogP contribution is 2.48. The van der Waals surface area contributed by atoms with Gasteiger partial charge < -0.3 is 13.8 Å². The molecule has 0 heterocycles. The lowest BCUT2D eigenvalue weighted by molar-refractivity contribution is 0.218. The number of unbranched alkanes of at least 4 members (excludes halogenated alkanes) is 1. The topological polar surface area (TPSA) is 44.8 Å². The van der Waals surface area contributed by atoms with Crippen LogP contribution in [0, 0.1) is 0 Å². The van der Waals surface area contributed by atoms with Gasteiger partial charge in [-0.2, -0.15) is 0 Å². The number of benzene rings is 1. The van der Waals surface area contributed by atoms with Gasteiger partial charge in [-0.05, 0) is 38.8 Å². The van der Waals surface area contributed by atoms with Crippen molar-refractivity contribution in [2.45, 2.75) is 26.7 Å². The largest absolute Gasteiger partial charge is 0.494 e. The van der Waals surface area contributed by atoms with Gasteiger partial charge in [0.1, 0.15) is 5.75 Å². The van der Waals surface area contributed by atoms with Crippen molar-refractivity contribution in [3.05, 3.63) is 30.3 Å². The standard InChI is InChI=1S/C14H23O4P/c1-3-17-19(15,18-4-2)13-9-8-12-16-14-10-6-5-7-11-14/h5-7,10-11H,3-4,8-9,12-13H2,1-2H3. The molecule has 0 atom stereocenters. The first kappa shape index (κ1) is 16.2. The maximum Gasteiger partial charge on any atom is 0.330 e. The zero-order chi connectivity index (χ0) is 14.0. The van der Waals surface area contributed by atoms with Gasteiger partial charge in [-0.1, -0.05) is 18.2 Å². The fraction of sp³-hybridized carbons (Fsp3) is 0.571. The van der Waals surface area contributed by atoms with Crippen molar-refractivity contribution in [1.29, 1.82) is 0 Å². The van der Waals surface area contributed by atoms with E-state index in [1.165, 1.54) is 0 Å². The summed E-state index contributed by atoms with van der Waals surface area (Å²) in [4.78, 5) is 0. The molecular weight excluding hydrogens is 263 g/mol. The van der Waals surface area contributed by atoms with Crippen molar-refractivity contribution in [2.24, 2.45) is 0 Å². The maximum absolute atomic E-state index is 12.2. The Labute approximate surface area is 115 Å². The lowest BCUT2D eigenvalue weighted by Crippen LogP contribution is -2.03. The number of para-hydroxylation sites is 1. The van der Waals surface area contributed by atoms with Crippen LogP contribution in [-0.2, 0) is 13.6 Å². The first-order valence-corrected chi connectivity index (χ1v) is 8.49. The number of hydrogen-bond acceptors (Lipinski definition) is 4. The van der Waals surface area contributed by atoms with E-state index in [9.17, 15) is 4.57 Å². The van der Waals surface area contributed by atoms with Crippen molar-refractivity contribution < 1.29 is 18.3 Å². The molecule has 0 aromatic heterocycles. The van der Waals surface area contributed by atoms with Gasteiger partial charge in [0, 0.05) is 0 Å². The average molecular weight is 286 g/mol. The van der Waals surface area contributed by atoms with Gasteiger partial charge in [0.05, 0.1) is 26.0 Å². The molecule has 0 spiro atoms. The molecule has 108 valence electrons. The van der Waals surface area contributed by atoms with Crippen LogP contribution >= 0.6 is 7.60 Å². The molecule has 5 heteroatoms.